The maximum atomic E-state index is 10.5. The van der Waals surface area contributed by atoms with Crippen LogP contribution in [0, 0.1) is 0 Å². The molecule has 0 bridgehead atoms. The summed E-state index contributed by atoms with van der Waals surface area (Å²) in [5, 5.41) is 10.8. The number of fused-ring (bicyclic) bond motifs is 1. The van der Waals surface area contributed by atoms with Gasteiger partial charge in [-0.1, -0.05) is 41.9 Å². The Morgan fingerprint density at radius 1 is 1.25 bits per heavy atom. The van der Waals surface area contributed by atoms with Crippen molar-refractivity contribution in [1.82, 2.24) is 0 Å². The van der Waals surface area contributed by atoms with Crippen LogP contribution in [0.1, 0.15) is 0 Å². The van der Waals surface area contributed by atoms with Crippen molar-refractivity contribution in [2.45, 2.75) is 0 Å². The lowest BCUT2D eigenvalue weighted by Gasteiger charge is -2.09. The number of halogens is 1. The molecule has 0 aliphatic heterocycles. The van der Waals surface area contributed by atoms with E-state index in [0.29, 0.717) is 10.8 Å². The van der Waals surface area contributed by atoms with Crippen molar-refractivity contribution < 1.29 is 14.6 Å². The Kier molecular flexibility index (Phi) is 2.97. The summed E-state index contributed by atoms with van der Waals surface area (Å²) in [6.07, 6.45) is 0. The van der Waals surface area contributed by atoms with Gasteiger partial charge in [0.25, 0.3) is 0 Å². The summed E-state index contributed by atoms with van der Waals surface area (Å²) in [7, 11) is 0. The molecule has 0 aliphatic carbocycles. The minimum Gasteiger partial charge on any atom is -0.480 e. The number of hydrogen-bond donors (Lipinski definition) is 1. The summed E-state index contributed by atoms with van der Waals surface area (Å²) in [6.45, 7) is -0.395. The third-order valence-electron chi connectivity index (χ3n) is 2.17. The number of carboxylic acid groups (broad SMARTS) is 1. The van der Waals surface area contributed by atoms with E-state index in [4.69, 9.17) is 21.4 Å². The molecule has 16 heavy (non-hydrogen) atoms. The van der Waals surface area contributed by atoms with Gasteiger partial charge in [-0.05, 0) is 11.5 Å². The molecule has 0 aliphatic rings. The number of benzene rings is 2. The average molecular weight is 237 g/mol. The molecule has 0 saturated carbocycles. The van der Waals surface area contributed by atoms with E-state index < -0.39 is 12.6 Å². The Labute approximate surface area is 97.2 Å². The lowest BCUT2D eigenvalue weighted by atomic mass is 10.1. The zero-order chi connectivity index (χ0) is 11.5. The largest absolute Gasteiger partial charge is 0.480 e. The molecular formula is C12H9ClO3. The van der Waals surface area contributed by atoms with E-state index in [-0.39, 0.29) is 0 Å². The van der Waals surface area contributed by atoms with Crippen LogP contribution in [0.2, 0.25) is 5.02 Å². The van der Waals surface area contributed by atoms with Crippen LogP contribution in [0.25, 0.3) is 10.8 Å². The van der Waals surface area contributed by atoms with Crippen molar-refractivity contribution in [3.8, 4) is 5.75 Å². The molecule has 2 aromatic carbocycles. The summed E-state index contributed by atoms with van der Waals surface area (Å²) >= 11 is 5.97. The maximum Gasteiger partial charge on any atom is 0.341 e. The van der Waals surface area contributed by atoms with E-state index >= 15 is 0 Å². The Bertz CT molecular complexity index is 537. The molecule has 0 atom stereocenters. The first kappa shape index (κ1) is 10.8. The van der Waals surface area contributed by atoms with Gasteiger partial charge in [-0.3, -0.25) is 0 Å². The van der Waals surface area contributed by atoms with Crippen LogP contribution in [0.4, 0.5) is 0 Å². The highest BCUT2D eigenvalue weighted by Crippen LogP contribution is 2.33. The predicted octanol–water partition coefficient (Wildman–Crippen LogP) is 2.96. The van der Waals surface area contributed by atoms with Crippen LogP contribution in [0.3, 0.4) is 0 Å². The van der Waals surface area contributed by atoms with Crippen molar-refractivity contribution >= 4 is 28.3 Å². The van der Waals surface area contributed by atoms with Crippen LogP contribution in [-0.4, -0.2) is 17.7 Å². The van der Waals surface area contributed by atoms with Crippen LogP contribution in [-0.2, 0) is 4.79 Å². The number of aliphatic carboxylic acids is 1. The minimum atomic E-state index is -1.02. The lowest BCUT2D eigenvalue weighted by Crippen LogP contribution is -2.09. The lowest BCUT2D eigenvalue weighted by molar-refractivity contribution is -0.139. The molecule has 0 aromatic heterocycles. The Hall–Kier alpha value is -1.74. The van der Waals surface area contributed by atoms with E-state index in [1.807, 2.05) is 30.3 Å². The normalized spacial score (nSPS) is 10.3. The molecule has 1 N–H and O–H groups in total. The number of hydrogen-bond acceptors (Lipinski definition) is 2. The fourth-order valence-electron chi connectivity index (χ4n) is 1.50. The van der Waals surface area contributed by atoms with Gasteiger partial charge in [-0.15, -0.1) is 0 Å². The highest BCUT2D eigenvalue weighted by atomic mass is 35.5. The first-order valence-corrected chi connectivity index (χ1v) is 5.08. The second-order valence-electron chi connectivity index (χ2n) is 3.28. The molecule has 0 saturated heterocycles. The zero-order valence-electron chi connectivity index (χ0n) is 8.31. The van der Waals surface area contributed by atoms with Gasteiger partial charge < -0.3 is 9.84 Å². The van der Waals surface area contributed by atoms with E-state index in [0.717, 1.165) is 10.8 Å². The van der Waals surface area contributed by atoms with Crippen molar-refractivity contribution in [2.24, 2.45) is 0 Å². The topological polar surface area (TPSA) is 46.5 Å². The fourth-order valence-corrected chi connectivity index (χ4v) is 1.72. The summed E-state index contributed by atoms with van der Waals surface area (Å²) in [5.41, 5.74) is 0. The fraction of sp³-hybridized carbons (Fsp3) is 0.0833. The number of ether oxygens (including phenoxy) is 1. The van der Waals surface area contributed by atoms with Crippen LogP contribution < -0.4 is 4.74 Å². The van der Waals surface area contributed by atoms with E-state index in [9.17, 15) is 4.79 Å². The Morgan fingerprint density at radius 3 is 2.75 bits per heavy atom. The third-order valence-corrected chi connectivity index (χ3v) is 2.47. The molecule has 2 aromatic rings. The van der Waals surface area contributed by atoms with Crippen LogP contribution in [0.15, 0.2) is 36.4 Å². The molecular weight excluding hydrogens is 228 g/mol. The first-order valence-electron chi connectivity index (χ1n) is 4.70. The maximum absolute atomic E-state index is 10.5. The third kappa shape index (κ3) is 2.09. The molecule has 82 valence electrons. The van der Waals surface area contributed by atoms with Crippen molar-refractivity contribution in [1.29, 1.82) is 0 Å². The molecule has 0 radical (unpaired) electrons. The highest BCUT2D eigenvalue weighted by molar-refractivity contribution is 6.33. The average Bonchev–Trinajstić information content (AvgIpc) is 2.27. The summed E-state index contributed by atoms with van der Waals surface area (Å²) in [4.78, 5) is 10.5. The molecule has 0 amide bonds. The number of rotatable bonds is 3. The minimum absolute atomic E-state index is 0.395. The predicted molar refractivity (Wildman–Crippen MR) is 62.1 cm³/mol. The quantitative estimate of drug-likeness (QED) is 0.891. The van der Waals surface area contributed by atoms with Crippen molar-refractivity contribution in [2.75, 3.05) is 6.61 Å². The molecule has 0 heterocycles. The molecule has 3 nitrogen and oxygen atoms in total. The van der Waals surface area contributed by atoms with Crippen LogP contribution >= 0.6 is 11.6 Å². The summed E-state index contributed by atoms with van der Waals surface area (Å²) in [5.74, 6) is -0.605. The Morgan fingerprint density at radius 2 is 2.00 bits per heavy atom. The first-order chi connectivity index (χ1) is 7.68. The second-order valence-corrected chi connectivity index (χ2v) is 3.69. The smallest absolute Gasteiger partial charge is 0.341 e. The van der Waals surface area contributed by atoms with E-state index in [1.54, 1.807) is 6.07 Å². The van der Waals surface area contributed by atoms with Gasteiger partial charge in [0, 0.05) is 5.39 Å². The van der Waals surface area contributed by atoms with Crippen molar-refractivity contribution in [3.63, 3.8) is 0 Å². The van der Waals surface area contributed by atoms with Gasteiger partial charge in [0.2, 0.25) is 0 Å². The highest BCUT2D eigenvalue weighted by Gasteiger charge is 2.08. The summed E-state index contributed by atoms with van der Waals surface area (Å²) < 4.78 is 5.18. The molecule has 4 heteroatoms. The monoisotopic (exact) mass is 236 g/mol. The van der Waals surface area contributed by atoms with Crippen LogP contribution in [0.5, 0.6) is 5.75 Å². The van der Waals surface area contributed by atoms with Crippen molar-refractivity contribution in [3.05, 3.63) is 41.4 Å². The van der Waals surface area contributed by atoms with Gasteiger partial charge in [0.15, 0.2) is 6.61 Å². The van der Waals surface area contributed by atoms with Gasteiger partial charge in [-0.25, -0.2) is 4.79 Å². The van der Waals surface area contributed by atoms with Gasteiger partial charge in [-0.2, -0.15) is 0 Å². The number of carboxylic acids is 1. The Balaban J connectivity index is 2.48. The van der Waals surface area contributed by atoms with E-state index in [1.165, 1.54) is 0 Å². The molecule has 0 spiro atoms. The SMILES string of the molecule is O=C(O)COc1c(Cl)ccc2ccccc12. The van der Waals surface area contributed by atoms with Gasteiger partial charge >= 0.3 is 5.97 Å². The van der Waals surface area contributed by atoms with Gasteiger partial charge in [0.1, 0.15) is 5.75 Å². The number of carbonyl (C=O) groups is 1. The molecule has 0 unspecified atom stereocenters. The second kappa shape index (κ2) is 4.41. The zero-order valence-corrected chi connectivity index (χ0v) is 9.07. The standard InChI is InChI=1S/C12H9ClO3/c13-10-6-5-8-3-1-2-4-9(8)12(10)16-7-11(14)15/h1-6H,7H2,(H,14,15). The molecule has 0 fully saturated rings. The van der Waals surface area contributed by atoms with E-state index in [2.05, 4.69) is 0 Å². The van der Waals surface area contributed by atoms with Gasteiger partial charge in [0.05, 0.1) is 5.02 Å². The molecule has 2 rings (SSSR count). The summed E-state index contributed by atoms with van der Waals surface area (Å²) in [6, 6.07) is 11.1.